The van der Waals surface area contributed by atoms with Crippen molar-refractivity contribution in [1.82, 2.24) is 10.2 Å². The standard InChI is InChI=1S/C26H31N3O4/c1-16(2)24(30)28-21-6-4-5-20(13-21)23-22(25(31)27-14-18-11-12-18)29(26(32)33-23)15-19-9-7-17(3)8-10-19/h4-10,13,16,18,22-23H,11-12,14-15H2,1-3H3,(H,27,31)(H,28,30). The highest BCUT2D eigenvalue weighted by Gasteiger charge is 2.47. The van der Waals surface area contributed by atoms with Crippen LogP contribution in [0.3, 0.4) is 0 Å². The van der Waals surface area contributed by atoms with Crippen LogP contribution in [-0.2, 0) is 20.9 Å². The van der Waals surface area contributed by atoms with E-state index < -0.39 is 18.2 Å². The maximum Gasteiger partial charge on any atom is 0.411 e. The zero-order valence-electron chi connectivity index (χ0n) is 19.3. The van der Waals surface area contributed by atoms with Crippen LogP contribution >= 0.6 is 0 Å². The van der Waals surface area contributed by atoms with Gasteiger partial charge in [0.15, 0.2) is 12.1 Å². The zero-order chi connectivity index (χ0) is 23.5. The predicted octanol–water partition coefficient (Wildman–Crippen LogP) is 4.18. The lowest BCUT2D eigenvalue weighted by Gasteiger charge is -2.24. The summed E-state index contributed by atoms with van der Waals surface area (Å²) in [7, 11) is 0. The van der Waals surface area contributed by atoms with Gasteiger partial charge in [0.2, 0.25) is 11.8 Å². The summed E-state index contributed by atoms with van der Waals surface area (Å²) < 4.78 is 5.73. The number of nitrogens with zero attached hydrogens (tertiary/aromatic N) is 1. The third-order valence-electron chi connectivity index (χ3n) is 6.10. The van der Waals surface area contributed by atoms with Crippen molar-refractivity contribution < 1.29 is 19.1 Å². The fraction of sp³-hybridized carbons (Fsp3) is 0.423. The van der Waals surface area contributed by atoms with Crippen LogP contribution in [-0.4, -0.2) is 35.4 Å². The average molecular weight is 450 g/mol. The quantitative estimate of drug-likeness (QED) is 0.633. The monoisotopic (exact) mass is 449 g/mol. The molecule has 7 heteroatoms. The van der Waals surface area contributed by atoms with E-state index >= 15 is 0 Å². The van der Waals surface area contributed by atoms with Gasteiger partial charge in [-0.3, -0.25) is 14.5 Å². The Morgan fingerprint density at radius 3 is 2.52 bits per heavy atom. The number of carbonyl (C=O) groups excluding carboxylic acids is 3. The molecule has 2 aromatic carbocycles. The molecule has 3 amide bonds. The van der Waals surface area contributed by atoms with Crippen molar-refractivity contribution in [2.45, 2.75) is 52.3 Å². The van der Waals surface area contributed by atoms with Gasteiger partial charge < -0.3 is 15.4 Å². The number of carbonyl (C=O) groups is 3. The first-order valence-corrected chi connectivity index (χ1v) is 11.5. The number of ether oxygens (including phenoxy) is 1. The molecule has 2 fully saturated rings. The number of aryl methyl sites for hydroxylation is 1. The Morgan fingerprint density at radius 1 is 1.12 bits per heavy atom. The number of hydrogen-bond acceptors (Lipinski definition) is 4. The number of amides is 3. The molecule has 2 aromatic rings. The summed E-state index contributed by atoms with van der Waals surface area (Å²) in [5.74, 6) is 0.0335. The van der Waals surface area contributed by atoms with Crippen LogP contribution in [0.1, 0.15) is 49.5 Å². The Balaban J connectivity index is 1.59. The van der Waals surface area contributed by atoms with E-state index in [0.717, 1.165) is 24.0 Å². The van der Waals surface area contributed by atoms with Gasteiger partial charge in [0.25, 0.3) is 0 Å². The Morgan fingerprint density at radius 2 is 1.85 bits per heavy atom. The van der Waals surface area contributed by atoms with Gasteiger partial charge in [-0.2, -0.15) is 0 Å². The molecule has 0 bridgehead atoms. The topological polar surface area (TPSA) is 87.7 Å². The van der Waals surface area contributed by atoms with Crippen LogP contribution in [0.4, 0.5) is 10.5 Å². The second-order valence-electron chi connectivity index (χ2n) is 9.32. The second kappa shape index (κ2) is 9.65. The van der Waals surface area contributed by atoms with E-state index in [1.807, 2.05) is 51.1 Å². The molecule has 2 atom stereocenters. The fourth-order valence-corrected chi connectivity index (χ4v) is 3.85. The summed E-state index contributed by atoms with van der Waals surface area (Å²) in [5, 5.41) is 5.88. The molecule has 33 heavy (non-hydrogen) atoms. The lowest BCUT2D eigenvalue weighted by Crippen LogP contribution is -2.46. The first kappa shape index (κ1) is 22.8. The molecule has 1 saturated heterocycles. The van der Waals surface area contributed by atoms with Crippen LogP contribution < -0.4 is 10.6 Å². The third-order valence-corrected chi connectivity index (χ3v) is 6.10. The molecule has 2 unspecified atom stereocenters. The van der Waals surface area contributed by atoms with Crippen molar-refractivity contribution >= 4 is 23.6 Å². The summed E-state index contributed by atoms with van der Waals surface area (Å²) in [6, 6.07) is 14.2. The largest absolute Gasteiger partial charge is 0.438 e. The van der Waals surface area contributed by atoms with Crippen LogP contribution in [0.2, 0.25) is 0 Å². The van der Waals surface area contributed by atoms with E-state index in [1.54, 1.807) is 18.2 Å². The highest BCUT2D eigenvalue weighted by molar-refractivity contribution is 5.92. The minimum atomic E-state index is -0.798. The SMILES string of the molecule is Cc1ccc(CN2C(=O)OC(c3cccc(NC(=O)C(C)C)c3)C2C(=O)NCC2CC2)cc1. The zero-order valence-corrected chi connectivity index (χ0v) is 19.3. The molecule has 2 aliphatic rings. The van der Waals surface area contributed by atoms with E-state index in [-0.39, 0.29) is 24.3 Å². The van der Waals surface area contributed by atoms with Crippen molar-refractivity contribution in [3.8, 4) is 0 Å². The summed E-state index contributed by atoms with van der Waals surface area (Å²) in [4.78, 5) is 39.8. The molecule has 1 aliphatic carbocycles. The van der Waals surface area contributed by atoms with Crippen LogP contribution in [0.15, 0.2) is 48.5 Å². The third kappa shape index (κ3) is 5.53. The fourth-order valence-electron chi connectivity index (χ4n) is 3.85. The van der Waals surface area contributed by atoms with E-state index in [4.69, 9.17) is 4.74 Å². The van der Waals surface area contributed by atoms with Crippen molar-refractivity contribution in [2.24, 2.45) is 11.8 Å². The lowest BCUT2D eigenvalue weighted by molar-refractivity contribution is -0.126. The van der Waals surface area contributed by atoms with Gasteiger partial charge in [0.05, 0.1) is 6.54 Å². The molecule has 0 radical (unpaired) electrons. The molecule has 1 saturated carbocycles. The lowest BCUT2D eigenvalue weighted by atomic mass is 9.99. The molecule has 4 rings (SSSR count). The smallest absolute Gasteiger partial charge is 0.411 e. The molecule has 174 valence electrons. The Labute approximate surface area is 194 Å². The normalized spacial score (nSPS) is 20.0. The summed E-state index contributed by atoms with van der Waals surface area (Å²) >= 11 is 0. The first-order valence-electron chi connectivity index (χ1n) is 11.5. The number of anilines is 1. The van der Waals surface area contributed by atoms with Crippen molar-refractivity contribution in [3.05, 3.63) is 65.2 Å². The molecule has 0 aromatic heterocycles. The number of cyclic esters (lactones) is 1. The van der Waals surface area contributed by atoms with Gasteiger partial charge in [-0.25, -0.2) is 4.79 Å². The van der Waals surface area contributed by atoms with Gasteiger partial charge in [0, 0.05) is 18.2 Å². The highest BCUT2D eigenvalue weighted by Crippen LogP contribution is 2.35. The summed E-state index contributed by atoms with van der Waals surface area (Å²) in [5.41, 5.74) is 3.33. The van der Waals surface area contributed by atoms with Crippen molar-refractivity contribution in [3.63, 3.8) is 0 Å². The van der Waals surface area contributed by atoms with Crippen LogP contribution in [0.25, 0.3) is 0 Å². The van der Waals surface area contributed by atoms with Gasteiger partial charge in [-0.05, 0) is 48.9 Å². The van der Waals surface area contributed by atoms with Crippen molar-refractivity contribution in [2.75, 3.05) is 11.9 Å². The Kier molecular flexibility index (Phi) is 6.67. The van der Waals surface area contributed by atoms with E-state index in [2.05, 4.69) is 10.6 Å². The van der Waals surface area contributed by atoms with Crippen LogP contribution in [0.5, 0.6) is 0 Å². The van der Waals surface area contributed by atoms with E-state index in [0.29, 0.717) is 23.7 Å². The van der Waals surface area contributed by atoms with Crippen LogP contribution in [0, 0.1) is 18.8 Å². The summed E-state index contributed by atoms with van der Waals surface area (Å²) in [6.45, 7) is 6.53. The van der Waals surface area contributed by atoms with Crippen molar-refractivity contribution in [1.29, 1.82) is 0 Å². The number of rotatable bonds is 8. The predicted molar refractivity (Wildman–Crippen MR) is 125 cm³/mol. The number of nitrogens with one attached hydrogen (secondary N) is 2. The molecule has 0 spiro atoms. The molecule has 1 aliphatic heterocycles. The van der Waals surface area contributed by atoms with Gasteiger partial charge >= 0.3 is 6.09 Å². The van der Waals surface area contributed by atoms with E-state index in [9.17, 15) is 14.4 Å². The Bertz CT molecular complexity index is 1030. The van der Waals surface area contributed by atoms with Gasteiger partial charge in [0.1, 0.15) is 0 Å². The maximum absolute atomic E-state index is 13.3. The summed E-state index contributed by atoms with van der Waals surface area (Å²) in [6.07, 6.45) is 0.949. The highest BCUT2D eigenvalue weighted by atomic mass is 16.6. The molecular weight excluding hydrogens is 418 g/mol. The minimum absolute atomic E-state index is 0.102. The minimum Gasteiger partial charge on any atom is -0.438 e. The second-order valence-corrected chi connectivity index (χ2v) is 9.32. The number of hydrogen-bond donors (Lipinski definition) is 2. The number of benzene rings is 2. The molecule has 7 nitrogen and oxygen atoms in total. The van der Waals surface area contributed by atoms with E-state index in [1.165, 1.54) is 4.90 Å². The van der Waals surface area contributed by atoms with Gasteiger partial charge in [-0.1, -0.05) is 55.8 Å². The molecule has 2 N–H and O–H groups in total. The first-order chi connectivity index (χ1) is 15.8. The average Bonchev–Trinajstić information content (AvgIpc) is 3.56. The molecular formula is C26H31N3O4. The van der Waals surface area contributed by atoms with Gasteiger partial charge in [-0.15, -0.1) is 0 Å². The maximum atomic E-state index is 13.3. The Hall–Kier alpha value is -3.35. The molecule has 1 heterocycles.